The minimum atomic E-state index is 0.260. The molecule has 2 heterocycles. The summed E-state index contributed by atoms with van der Waals surface area (Å²) in [6.45, 7) is 1.05. The number of hydrogen-bond donors (Lipinski definition) is 1. The van der Waals surface area contributed by atoms with E-state index in [0.717, 1.165) is 17.9 Å². The summed E-state index contributed by atoms with van der Waals surface area (Å²) in [4.78, 5) is 4.25. The molecule has 98 valence electrons. The van der Waals surface area contributed by atoms with Gasteiger partial charge in [-0.25, -0.2) is 4.98 Å². The fraction of sp³-hybridized carbons (Fsp3) is 0.214. The van der Waals surface area contributed by atoms with Gasteiger partial charge in [-0.1, -0.05) is 6.07 Å². The van der Waals surface area contributed by atoms with Crippen LogP contribution in [0.15, 0.2) is 36.5 Å². The molecule has 0 saturated carbocycles. The van der Waals surface area contributed by atoms with Crippen LogP contribution in [-0.2, 0) is 6.54 Å². The Balaban J connectivity index is 1.74. The normalized spacial score (nSPS) is 12.5. The molecule has 0 spiro atoms. The smallest absolute Gasteiger partial charge is 0.231 e. The van der Waals surface area contributed by atoms with Gasteiger partial charge in [-0.3, -0.25) is 0 Å². The maximum Gasteiger partial charge on any atom is 0.231 e. The van der Waals surface area contributed by atoms with Crippen molar-refractivity contribution in [3.63, 3.8) is 0 Å². The third-order valence-corrected chi connectivity index (χ3v) is 2.74. The average molecular weight is 258 g/mol. The number of benzene rings is 1. The van der Waals surface area contributed by atoms with E-state index in [1.54, 1.807) is 12.3 Å². The van der Waals surface area contributed by atoms with Crippen LogP contribution < -0.4 is 19.5 Å². The summed E-state index contributed by atoms with van der Waals surface area (Å²) in [5, 5.41) is 3.07. The Morgan fingerprint density at radius 1 is 1.21 bits per heavy atom. The van der Waals surface area contributed by atoms with Gasteiger partial charge in [0.05, 0.1) is 0 Å². The Morgan fingerprint density at radius 3 is 2.89 bits per heavy atom. The minimum absolute atomic E-state index is 0.260. The topological polar surface area (TPSA) is 52.6 Å². The summed E-state index contributed by atoms with van der Waals surface area (Å²) in [6.07, 6.45) is 1.79. The van der Waals surface area contributed by atoms with E-state index in [9.17, 15) is 0 Å². The molecule has 1 aromatic heterocycles. The van der Waals surface area contributed by atoms with E-state index in [1.807, 2.05) is 31.3 Å². The molecule has 0 aliphatic carbocycles. The Kier molecular flexibility index (Phi) is 3.20. The summed E-state index contributed by atoms with van der Waals surface area (Å²) in [7, 11) is 1.90. The number of nitrogens with one attached hydrogen (secondary N) is 1. The zero-order valence-corrected chi connectivity index (χ0v) is 10.6. The van der Waals surface area contributed by atoms with E-state index in [4.69, 9.17) is 14.2 Å². The van der Waals surface area contributed by atoms with Crippen molar-refractivity contribution >= 4 is 0 Å². The summed E-state index contributed by atoms with van der Waals surface area (Å²) in [6, 6.07) is 9.28. The van der Waals surface area contributed by atoms with Gasteiger partial charge < -0.3 is 19.5 Å². The molecule has 19 heavy (non-hydrogen) atoms. The summed E-state index contributed by atoms with van der Waals surface area (Å²) < 4.78 is 16.2. The fourth-order valence-corrected chi connectivity index (χ4v) is 1.84. The van der Waals surface area contributed by atoms with Crippen molar-refractivity contribution in [2.45, 2.75) is 6.54 Å². The first-order valence-corrected chi connectivity index (χ1v) is 6.02. The highest BCUT2D eigenvalue weighted by Gasteiger charge is 2.14. The highest BCUT2D eigenvalue weighted by Crippen LogP contribution is 2.36. The summed E-state index contributed by atoms with van der Waals surface area (Å²) in [5.41, 5.74) is 1.11. The van der Waals surface area contributed by atoms with Crippen molar-refractivity contribution < 1.29 is 14.2 Å². The van der Waals surface area contributed by atoms with Crippen LogP contribution in [0.2, 0.25) is 0 Å². The molecule has 5 nitrogen and oxygen atoms in total. The van der Waals surface area contributed by atoms with Crippen LogP contribution >= 0.6 is 0 Å². The van der Waals surface area contributed by atoms with Crippen molar-refractivity contribution in [3.8, 4) is 23.1 Å². The van der Waals surface area contributed by atoms with Gasteiger partial charge in [-0.05, 0) is 24.7 Å². The molecule has 0 radical (unpaired) electrons. The predicted octanol–water partition coefficient (Wildman–Crippen LogP) is 2.32. The molecule has 2 aromatic rings. The van der Waals surface area contributed by atoms with E-state index in [-0.39, 0.29) is 6.79 Å². The third-order valence-electron chi connectivity index (χ3n) is 2.74. The molecule has 0 fully saturated rings. The molecule has 0 saturated heterocycles. The molecule has 0 unspecified atom stereocenters. The summed E-state index contributed by atoms with van der Waals surface area (Å²) >= 11 is 0. The number of pyridine rings is 1. The highest BCUT2D eigenvalue weighted by atomic mass is 16.7. The van der Waals surface area contributed by atoms with Gasteiger partial charge in [0.25, 0.3) is 0 Å². The Hall–Kier alpha value is -2.27. The summed E-state index contributed by atoms with van der Waals surface area (Å²) in [5.74, 6) is 2.67. The lowest BCUT2D eigenvalue weighted by Crippen LogP contribution is -2.05. The molecule has 1 aliphatic rings. The minimum Gasteiger partial charge on any atom is -0.454 e. The van der Waals surface area contributed by atoms with Gasteiger partial charge in [0.15, 0.2) is 11.5 Å². The zero-order chi connectivity index (χ0) is 13.1. The quantitative estimate of drug-likeness (QED) is 0.912. The van der Waals surface area contributed by atoms with Crippen LogP contribution in [0.3, 0.4) is 0 Å². The van der Waals surface area contributed by atoms with Gasteiger partial charge in [0, 0.05) is 24.9 Å². The van der Waals surface area contributed by atoms with Crippen LogP contribution in [0.4, 0.5) is 0 Å². The lowest BCUT2D eigenvalue weighted by molar-refractivity contribution is 0.174. The van der Waals surface area contributed by atoms with E-state index in [1.165, 1.54) is 0 Å². The first kappa shape index (κ1) is 11.8. The number of aromatic nitrogens is 1. The molecule has 1 aromatic carbocycles. The second-order valence-corrected chi connectivity index (χ2v) is 4.15. The lowest BCUT2D eigenvalue weighted by atomic mass is 10.3. The maximum atomic E-state index is 5.67. The molecule has 5 heteroatoms. The Bertz CT molecular complexity index is 569. The van der Waals surface area contributed by atoms with Crippen LogP contribution in [0.1, 0.15) is 5.56 Å². The molecule has 1 aliphatic heterocycles. The lowest BCUT2D eigenvalue weighted by Gasteiger charge is -2.06. The monoisotopic (exact) mass is 258 g/mol. The van der Waals surface area contributed by atoms with E-state index in [0.29, 0.717) is 17.4 Å². The van der Waals surface area contributed by atoms with Crippen molar-refractivity contribution in [2.75, 3.05) is 13.8 Å². The number of fused-ring (bicyclic) bond motifs is 1. The van der Waals surface area contributed by atoms with Crippen molar-refractivity contribution in [3.05, 3.63) is 42.1 Å². The van der Waals surface area contributed by atoms with Gasteiger partial charge in [-0.2, -0.15) is 0 Å². The SMILES string of the molecule is CNCc1ccc(Oc2ccc3c(c2)OCO3)nc1. The number of nitrogens with zero attached hydrogens (tertiary/aromatic N) is 1. The molecule has 0 atom stereocenters. The van der Waals surface area contributed by atoms with Crippen LogP contribution in [0.5, 0.6) is 23.1 Å². The van der Waals surface area contributed by atoms with Crippen LogP contribution in [0, 0.1) is 0 Å². The highest BCUT2D eigenvalue weighted by molar-refractivity contribution is 5.47. The van der Waals surface area contributed by atoms with E-state index in [2.05, 4.69) is 10.3 Å². The average Bonchev–Trinajstić information content (AvgIpc) is 2.89. The maximum absolute atomic E-state index is 5.67. The number of rotatable bonds is 4. The van der Waals surface area contributed by atoms with Gasteiger partial charge >= 0.3 is 0 Å². The standard InChI is InChI=1S/C14H14N2O3/c1-15-7-10-2-5-14(16-8-10)19-11-3-4-12-13(6-11)18-9-17-12/h2-6,8,15H,7,9H2,1H3. The first-order chi connectivity index (χ1) is 9.35. The Morgan fingerprint density at radius 2 is 2.11 bits per heavy atom. The third kappa shape index (κ3) is 2.61. The van der Waals surface area contributed by atoms with E-state index < -0.39 is 0 Å². The number of hydrogen-bond acceptors (Lipinski definition) is 5. The van der Waals surface area contributed by atoms with Crippen molar-refractivity contribution in [1.82, 2.24) is 10.3 Å². The van der Waals surface area contributed by atoms with Gasteiger partial charge in [-0.15, -0.1) is 0 Å². The molecule has 3 rings (SSSR count). The molecule has 0 amide bonds. The van der Waals surface area contributed by atoms with Gasteiger partial charge in [0.1, 0.15) is 5.75 Å². The molecular weight excluding hydrogens is 244 g/mol. The van der Waals surface area contributed by atoms with Crippen molar-refractivity contribution in [2.24, 2.45) is 0 Å². The van der Waals surface area contributed by atoms with Crippen LogP contribution in [0.25, 0.3) is 0 Å². The van der Waals surface area contributed by atoms with Crippen molar-refractivity contribution in [1.29, 1.82) is 0 Å². The molecular formula is C14H14N2O3. The largest absolute Gasteiger partial charge is 0.454 e. The second kappa shape index (κ2) is 5.16. The second-order valence-electron chi connectivity index (χ2n) is 4.15. The Labute approximate surface area is 111 Å². The van der Waals surface area contributed by atoms with Crippen LogP contribution in [-0.4, -0.2) is 18.8 Å². The number of ether oxygens (including phenoxy) is 3. The molecule has 1 N–H and O–H groups in total. The molecule has 0 bridgehead atoms. The van der Waals surface area contributed by atoms with E-state index >= 15 is 0 Å². The predicted molar refractivity (Wildman–Crippen MR) is 69.6 cm³/mol. The fourth-order valence-electron chi connectivity index (χ4n) is 1.84. The first-order valence-electron chi connectivity index (χ1n) is 6.02. The van der Waals surface area contributed by atoms with Gasteiger partial charge in [0.2, 0.25) is 12.7 Å². The zero-order valence-electron chi connectivity index (χ0n) is 10.6.